The lowest BCUT2D eigenvalue weighted by atomic mass is 9.97. The first kappa shape index (κ1) is 19.1. The number of amides is 1. The lowest BCUT2D eigenvalue weighted by Gasteiger charge is -2.32. The summed E-state index contributed by atoms with van der Waals surface area (Å²) in [6, 6.07) is 3.95. The topological polar surface area (TPSA) is 102 Å². The molecule has 1 N–H and O–H groups in total. The van der Waals surface area contributed by atoms with E-state index in [9.17, 15) is 4.79 Å². The molecule has 5 heterocycles. The summed E-state index contributed by atoms with van der Waals surface area (Å²) in [4.78, 5) is 23.9. The molecule has 0 saturated carbocycles. The third-order valence-electron chi connectivity index (χ3n) is 5.57. The van der Waals surface area contributed by atoms with Crippen molar-refractivity contribution in [3.63, 3.8) is 0 Å². The second-order valence-corrected chi connectivity index (χ2v) is 8.76. The number of rotatable bonds is 4. The Balaban J connectivity index is 1.31. The number of nitrogens with one attached hydrogen (secondary N) is 1. The summed E-state index contributed by atoms with van der Waals surface area (Å²) in [6.45, 7) is 5.42. The first-order chi connectivity index (χ1) is 14.6. The number of aromatic nitrogens is 5. The molecule has 3 aromatic heterocycles. The number of carbonyl (C=O) groups excluding carboxylic acids is 1. The highest BCUT2D eigenvalue weighted by Crippen LogP contribution is 2.35. The Morgan fingerprint density at radius 1 is 1.23 bits per heavy atom. The van der Waals surface area contributed by atoms with E-state index < -0.39 is 0 Å². The number of nitrogens with zero attached hydrogens (tertiary/aromatic N) is 6. The quantitative estimate of drug-likeness (QED) is 0.681. The van der Waals surface area contributed by atoms with Crippen molar-refractivity contribution in [2.75, 3.05) is 23.3 Å². The Labute approximate surface area is 178 Å². The minimum absolute atomic E-state index is 0.0247. The maximum Gasteiger partial charge on any atom is 0.235 e. The van der Waals surface area contributed by atoms with Crippen LogP contribution in [-0.4, -0.2) is 43.9 Å². The van der Waals surface area contributed by atoms with Gasteiger partial charge in [-0.3, -0.25) is 10.1 Å². The molecule has 1 fully saturated rings. The molecule has 0 bridgehead atoms. The van der Waals surface area contributed by atoms with Gasteiger partial charge in [-0.25, -0.2) is 14.6 Å². The zero-order chi connectivity index (χ0) is 20.7. The zero-order valence-electron chi connectivity index (χ0n) is 17.0. The first-order valence-electron chi connectivity index (χ1n) is 10.0. The summed E-state index contributed by atoms with van der Waals surface area (Å²) in [7, 11) is 0. The Bertz CT molecular complexity index is 1090. The van der Waals surface area contributed by atoms with E-state index in [-0.39, 0.29) is 11.8 Å². The molecular formula is C20H23N7O2S. The van der Waals surface area contributed by atoms with Crippen LogP contribution in [0, 0.1) is 19.8 Å². The molecule has 0 aromatic carbocycles. The highest BCUT2D eigenvalue weighted by molar-refractivity contribution is 7.98. The average Bonchev–Trinajstić information content (AvgIpc) is 3.45. The Hall–Kier alpha value is -2.88. The molecule has 1 saturated heterocycles. The number of hydrogen-bond acceptors (Lipinski definition) is 8. The van der Waals surface area contributed by atoms with E-state index in [2.05, 4.69) is 30.4 Å². The largest absolute Gasteiger partial charge is 0.356 e. The van der Waals surface area contributed by atoms with Gasteiger partial charge in [-0.05, 0) is 32.8 Å². The summed E-state index contributed by atoms with van der Waals surface area (Å²) >= 11 is 1.78. The van der Waals surface area contributed by atoms with Gasteiger partial charge in [-0.1, -0.05) is 5.16 Å². The van der Waals surface area contributed by atoms with E-state index in [1.54, 1.807) is 18.1 Å². The van der Waals surface area contributed by atoms with Gasteiger partial charge in [-0.2, -0.15) is 16.9 Å². The van der Waals surface area contributed by atoms with Gasteiger partial charge in [0.25, 0.3) is 0 Å². The van der Waals surface area contributed by atoms with E-state index in [0.29, 0.717) is 12.4 Å². The van der Waals surface area contributed by atoms with Crippen LogP contribution in [0.3, 0.4) is 0 Å². The molecule has 1 atom stereocenters. The molecule has 30 heavy (non-hydrogen) atoms. The number of anilines is 2. The van der Waals surface area contributed by atoms with Gasteiger partial charge in [-0.15, -0.1) is 0 Å². The van der Waals surface area contributed by atoms with Crippen LogP contribution in [0.1, 0.15) is 35.5 Å². The van der Waals surface area contributed by atoms with E-state index in [1.807, 2.05) is 30.7 Å². The summed E-state index contributed by atoms with van der Waals surface area (Å²) in [6.07, 6.45) is 3.31. The first-order valence-corrected chi connectivity index (χ1v) is 11.2. The second kappa shape index (κ2) is 7.75. The summed E-state index contributed by atoms with van der Waals surface area (Å²) in [5, 5.41) is 11.5. The number of thioether (sulfide) groups is 1. The predicted octanol–water partition coefficient (Wildman–Crippen LogP) is 2.87. The van der Waals surface area contributed by atoms with Gasteiger partial charge in [0.15, 0.2) is 5.82 Å². The molecule has 0 radical (unpaired) electrons. The summed E-state index contributed by atoms with van der Waals surface area (Å²) < 4.78 is 7.17. The van der Waals surface area contributed by atoms with Crippen LogP contribution in [0.4, 0.5) is 11.7 Å². The highest BCUT2D eigenvalue weighted by atomic mass is 32.2. The fourth-order valence-electron chi connectivity index (χ4n) is 4.05. The summed E-state index contributed by atoms with van der Waals surface area (Å²) in [5.41, 5.74) is 3.93. The number of piperidine rings is 1. The van der Waals surface area contributed by atoms with Crippen LogP contribution in [0.2, 0.25) is 0 Å². The molecule has 0 aliphatic carbocycles. The van der Waals surface area contributed by atoms with Crippen molar-refractivity contribution in [2.24, 2.45) is 5.92 Å². The van der Waals surface area contributed by atoms with Gasteiger partial charge in [0.05, 0.1) is 22.9 Å². The molecule has 0 spiro atoms. The molecule has 9 nitrogen and oxygen atoms in total. The minimum Gasteiger partial charge on any atom is -0.356 e. The fourth-order valence-corrected chi connectivity index (χ4v) is 5.08. The number of fused-ring (bicyclic) bond motifs is 1. The smallest absolute Gasteiger partial charge is 0.235 e. The lowest BCUT2D eigenvalue weighted by Crippen LogP contribution is -2.41. The van der Waals surface area contributed by atoms with Gasteiger partial charge in [0.2, 0.25) is 11.8 Å². The van der Waals surface area contributed by atoms with Crippen molar-refractivity contribution in [1.29, 1.82) is 0 Å². The van der Waals surface area contributed by atoms with E-state index in [4.69, 9.17) is 4.52 Å². The molecule has 1 amide bonds. The van der Waals surface area contributed by atoms with Crippen molar-refractivity contribution in [2.45, 2.75) is 38.2 Å². The van der Waals surface area contributed by atoms with Crippen molar-refractivity contribution in [1.82, 2.24) is 24.9 Å². The zero-order valence-corrected chi connectivity index (χ0v) is 17.8. The van der Waals surface area contributed by atoms with Crippen molar-refractivity contribution >= 4 is 29.4 Å². The minimum atomic E-state index is -0.138. The van der Waals surface area contributed by atoms with Gasteiger partial charge in [0, 0.05) is 36.4 Å². The highest BCUT2D eigenvalue weighted by Gasteiger charge is 2.29. The maximum absolute atomic E-state index is 12.9. The average molecular weight is 426 g/mol. The molecule has 2 aliphatic rings. The van der Waals surface area contributed by atoms with E-state index in [0.717, 1.165) is 65.2 Å². The van der Waals surface area contributed by atoms with E-state index >= 15 is 0 Å². The van der Waals surface area contributed by atoms with Crippen molar-refractivity contribution in [3.05, 3.63) is 41.1 Å². The van der Waals surface area contributed by atoms with Crippen LogP contribution >= 0.6 is 11.8 Å². The SMILES string of the molecule is Cc1cc(C)n(-c2cc(N3CCCC(C(=O)Nc4onc5c4CSC5)C3)ncn2)n1. The maximum atomic E-state index is 12.9. The van der Waals surface area contributed by atoms with Gasteiger partial charge < -0.3 is 9.42 Å². The lowest BCUT2D eigenvalue weighted by molar-refractivity contribution is -0.120. The molecule has 3 aromatic rings. The van der Waals surface area contributed by atoms with Crippen LogP contribution in [0.15, 0.2) is 23.0 Å². The Kier molecular flexibility index (Phi) is 4.93. The molecule has 5 rings (SSSR count). The van der Waals surface area contributed by atoms with Crippen LogP contribution in [0.5, 0.6) is 0 Å². The standard InChI is InChI=1S/C20H23N7O2S/c1-12-6-13(2)27(24-12)18-7-17(21-11-22-18)26-5-3-4-14(8-26)19(28)23-20-15-9-30-10-16(15)25-29-20/h6-7,11,14H,3-5,8-10H2,1-2H3,(H,23,28). The summed E-state index contributed by atoms with van der Waals surface area (Å²) in [5.74, 6) is 3.56. The third-order valence-corrected chi connectivity index (χ3v) is 6.54. The van der Waals surface area contributed by atoms with Gasteiger partial charge in [0.1, 0.15) is 12.1 Å². The van der Waals surface area contributed by atoms with Crippen LogP contribution in [-0.2, 0) is 16.3 Å². The number of aryl methyl sites for hydroxylation is 2. The van der Waals surface area contributed by atoms with Crippen LogP contribution in [0.25, 0.3) is 5.82 Å². The van der Waals surface area contributed by atoms with Crippen molar-refractivity contribution < 1.29 is 9.32 Å². The van der Waals surface area contributed by atoms with Crippen molar-refractivity contribution in [3.8, 4) is 5.82 Å². The Morgan fingerprint density at radius 3 is 2.93 bits per heavy atom. The van der Waals surface area contributed by atoms with Crippen LogP contribution < -0.4 is 10.2 Å². The molecule has 1 unspecified atom stereocenters. The molecule has 2 aliphatic heterocycles. The third kappa shape index (κ3) is 3.55. The monoisotopic (exact) mass is 425 g/mol. The second-order valence-electron chi connectivity index (χ2n) is 7.78. The molecule has 156 valence electrons. The fraction of sp³-hybridized carbons (Fsp3) is 0.450. The molecular weight excluding hydrogens is 402 g/mol. The predicted molar refractivity (Wildman–Crippen MR) is 114 cm³/mol. The van der Waals surface area contributed by atoms with E-state index in [1.165, 1.54) is 0 Å². The molecule has 10 heteroatoms. The van der Waals surface area contributed by atoms with Gasteiger partial charge >= 0.3 is 0 Å². The Morgan fingerprint density at radius 2 is 2.10 bits per heavy atom. The number of hydrogen-bond donors (Lipinski definition) is 1. The normalized spacial score (nSPS) is 18.5. The number of carbonyl (C=O) groups is 1.